The lowest BCUT2D eigenvalue weighted by molar-refractivity contribution is 0.413. The minimum atomic E-state index is 0.0386. The number of nitrogens with two attached hydrogens (primary N) is 1. The lowest BCUT2D eigenvalue weighted by atomic mass is 10.1. The van der Waals surface area contributed by atoms with Crippen LogP contribution in [0.3, 0.4) is 0 Å². The minimum Gasteiger partial charge on any atom is -0.495 e. The number of hydrogen-bond donors (Lipinski definition) is 1. The number of benzene rings is 2. The Kier molecular flexibility index (Phi) is 5.26. The maximum absolute atomic E-state index is 9.11. The number of thioether (sulfide) groups is 1. The van der Waals surface area contributed by atoms with Crippen LogP contribution in [0, 0.1) is 11.3 Å². The highest BCUT2D eigenvalue weighted by Gasteiger charge is 2.05. The highest BCUT2D eigenvalue weighted by Crippen LogP contribution is 2.27. The molecule has 2 rings (SSSR count). The average Bonchev–Trinajstić information content (AvgIpc) is 2.52. The van der Waals surface area contributed by atoms with E-state index in [1.165, 1.54) is 4.90 Å². The number of methoxy groups -OCH3 is 1. The zero-order valence-electron chi connectivity index (χ0n) is 12.2. The summed E-state index contributed by atoms with van der Waals surface area (Å²) in [7, 11) is 1.57. The molecule has 2 aromatic carbocycles. The van der Waals surface area contributed by atoms with Gasteiger partial charge in [0, 0.05) is 16.7 Å². The molecule has 0 bridgehead atoms. The van der Waals surface area contributed by atoms with Gasteiger partial charge in [-0.05, 0) is 42.3 Å². The van der Waals surface area contributed by atoms with Gasteiger partial charge in [0.05, 0.1) is 12.7 Å². The van der Waals surface area contributed by atoms with Crippen LogP contribution in [0.4, 0.5) is 0 Å². The highest BCUT2D eigenvalue weighted by molar-refractivity contribution is 7.98. The second kappa shape index (κ2) is 7.16. The zero-order chi connectivity index (χ0) is 15.2. The van der Waals surface area contributed by atoms with Gasteiger partial charge in [0.2, 0.25) is 0 Å². The summed E-state index contributed by atoms with van der Waals surface area (Å²) >= 11 is 1.73. The summed E-state index contributed by atoms with van der Waals surface area (Å²) in [5, 5.41) is 9.11. The first-order valence-electron chi connectivity index (χ1n) is 6.69. The zero-order valence-corrected chi connectivity index (χ0v) is 13.0. The predicted octanol–water partition coefficient (Wildman–Crippen LogP) is 3.88. The van der Waals surface area contributed by atoms with Gasteiger partial charge >= 0.3 is 0 Å². The molecule has 0 aliphatic heterocycles. The van der Waals surface area contributed by atoms with E-state index in [1.54, 1.807) is 18.9 Å². The standard InChI is InChI=1S/C17H18N2OS/c1-12(19)14-4-3-5-16(9-14)21-11-13-6-7-17(20-2)15(8-13)10-18/h3-9,12H,11,19H2,1-2H3. The Morgan fingerprint density at radius 1 is 1.29 bits per heavy atom. The number of ether oxygens (including phenoxy) is 1. The predicted molar refractivity (Wildman–Crippen MR) is 86.3 cm³/mol. The first-order valence-corrected chi connectivity index (χ1v) is 7.68. The molecule has 0 saturated carbocycles. The van der Waals surface area contributed by atoms with Gasteiger partial charge in [0.15, 0.2) is 0 Å². The van der Waals surface area contributed by atoms with Gasteiger partial charge in [-0.15, -0.1) is 11.8 Å². The summed E-state index contributed by atoms with van der Waals surface area (Å²) in [6.45, 7) is 1.98. The second-order valence-corrected chi connectivity index (χ2v) is 5.85. The normalized spacial score (nSPS) is 11.7. The topological polar surface area (TPSA) is 59.0 Å². The van der Waals surface area contributed by atoms with E-state index in [2.05, 4.69) is 18.2 Å². The maximum atomic E-state index is 9.11. The van der Waals surface area contributed by atoms with Gasteiger partial charge in [0.1, 0.15) is 11.8 Å². The van der Waals surface area contributed by atoms with Crippen molar-refractivity contribution in [3.8, 4) is 11.8 Å². The fourth-order valence-electron chi connectivity index (χ4n) is 1.99. The van der Waals surface area contributed by atoms with Gasteiger partial charge in [-0.1, -0.05) is 18.2 Å². The van der Waals surface area contributed by atoms with Crippen LogP contribution < -0.4 is 10.5 Å². The van der Waals surface area contributed by atoms with E-state index >= 15 is 0 Å². The van der Waals surface area contributed by atoms with Crippen LogP contribution in [0.25, 0.3) is 0 Å². The summed E-state index contributed by atoms with van der Waals surface area (Å²) in [5.41, 5.74) is 8.70. The molecule has 1 atom stereocenters. The molecular weight excluding hydrogens is 280 g/mol. The fraction of sp³-hybridized carbons (Fsp3) is 0.235. The smallest absolute Gasteiger partial charge is 0.136 e. The van der Waals surface area contributed by atoms with Crippen molar-refractivity contribution in [2.45, 2.75) is 23.6 Å². The Labute approximate surface area is 129 Å². The van der Waals surface area contributed by atoms with Crippen molar-refractivity contribution in [1.82, 2.24) is 0 Å². The second-order valence-electron chi connectivity index (χ2n) is 4.80. The van der Waals surface area contributed by atoms with Crippen molar-refractivity contribution in [2.75, 3.05) is 7.11 Å². The van der Waals surface area contributed by atoms with Crippen LogP contribution in [-0.2, 0) is 5.75 Å². The summed E-state index contributed by atoms with van der Waals surface area (Å²) < 4.78 is 5.15. The monoisotopic (exact) mass is 298 g/mol. The van der Waals surface area contributed by atoms with E-state index in [4.69, 9.17) is 15.7 Å². The average molecular weight is 298 g/mol. The highest BCUT2D eigenvalue weighted by atomic mass is 32.2. The Balaban J connectivity index is 2.10. The van der Waals surface area contributed by atoms with Gasteiger partial charge in [-0.3, -0.25) is 0 Å². The molecular formula is C17H18N2OS. The lowest BCUT2D eigenvalue weighted by Gasteiger charge is -2.09. The van der Waals surface area contributed by atoms with Gasteiger partial charge < -0.3 is 10.5 Å². The first kappa shape index (κ1) is 15.4. The molecule has 21 heavy (non-hydrogen) atoms. The molecule has 0 aliphatic rings. The van der Waals surface area contributed by atoms with Crippen LogP contribution in [0.1, 0.15) is 29.7 Å². The number of nitrogens with zero attached hydrogens (tertiary/aromatic N) is 1. The van der Waals surface area contributed by atoms with E-state index in [-0.39, 0.29) is 6.04 Å². The van der Waals surface area contributed by atoms with Crippen LogP contribution in [0.15, 0.2) is 47.4 Å². The van der Waals surface area contributed by atoms with Gasteiger partial charge in [0.25, 0.3) is 0 Å². The molecule has 0 radical (unpaired) electrons. The molecule has 3 nitrogen and oxygen atoms in total. The quantitative estimate of drug-likeness (QED) is 0.851. The Morgan fingerprint density at radius 2 is 2.10 bits per heavy atom. The Morgan fingerprint density at radius 3 is 2.76 bits per heavy atom. The summed E-state index contributed by atoms with van der Waals surface area (Å²) in [6, 6.07) is 16.2. The maximum Gasteiger partial charge on any atom is 0.136 e. The van der Waals surface area contributed by atoms with E-state index in [1.807, 2.05) is 37.3 Å². The van der Waals surface area contributed by atoms with Crippen molar-refractivity contribution < 1.29 is 4.74 Å². The summed E-state index contributed by atoms with van der Waals surface area (Å²) in [6.07, 6.45) is 0. The van der Waals surface area contributed by atoms with Crippen molar-refractivity contribution >= 4 is 11.8 Å². The van der Waals surface area contributed by atoms with Gasteiger partial charge in [-0.2, -0.15) is 5.26 Å². The van der Waals surface area contributed by atoms with Crippen molar-refractivity contribution in [2.24, 2.45) is 5.73 Å². The molecule has 0 saturated heterocycles. The van der Waals surface area contributed by atoms with Crippen molar-refractivity contribution in [1.29, 1.82) is 5.26 Å². The van der Waals surface area contributed by atoms with Crippen molar-refractivity contribution in [3.63, 3.8) is 0 Å². The number of rotatable bonds is 5. The molecule has 0 fully saturated rings. The Bertz CT molecular complexity index is 662. The number of hydrogen-bond acceptors (Lipinski definition) is 4. The molecule has 108 valence electrons. The van der Waals surface area contributed by atoms with Crippen LogP contribution >= 0.6 is 11.8 Å². The molecule has 2 N–H and O–H groups in total. The minimum absolute atomic E-state index is 0.0386. The van der Waals surface area contributed by atoms with Crippen molar-refractivity contribution in [3.05, 3.63) is 59.2 Å². The molecule has 2 aromatic rings. The molecule has 0 spiro atoms. The van der Waals surface area contributed by atoms with Crippen LogP contribution in [0.5, 0.6) is 5.75 Å². The molecule has 0 heterocycles. The van der Waals surface area contributed by atoms with E-state index in [0.717, 1.165) is 16.9 Å². The molecule has 4 heteroatoms. The molecule has 1 unspecified atom stereocenters. The van der Waals surface area contributed by atoms with E-state index < -0.39 is 0 Å². The van der Waals surface area contributed by atoms with Gasteiger partial charge in [-0.25, -0.2) is 0 Å². The third-order valence-electron chi connectivity index (χ3n) is 3.17. The lowest BCUT2D eigenvalue weighted by Crippen LogP contribution is -2.04. The first-order chi connectivity index (χ1) is 10.1. The SMILES string of the molecule is COc1ccc(CSc2cccc(C(C)N)c2)cc1C#N. The third kappa shape index (κ3) is 4.01. The largest absolute Gasteiger partial charge is 0.495 e. The number of nitriles is 1. The summed E-state index contributed by atoms with van der Waals surface area (Å²) in [4.78, 5) is 1.18. The van der Waals surface area contributed by atoms with Crippen LogP contribution in [0.2, 0.25) is 0 Å². The molecule has 0 amide bonds. The fourth-order valence-corrected chi connectivity index (χ4v) is 2.89. The third-order valence-corrected chi connectivity index (χ3v) is 4.24. The molecule has 0 aliphatic carbocycles. The molecule has 0 aromatic heterocycles. The Hall–Kier alpha value is -1.96. The van der Waals surface area contributed by atoms with E-state index in [0.29, 0.717) is 11.3 Å². The van der Waals surface area contributed by atoms with Crippen LogP contribution in [-0.4, -0.2) is 7.11 Å². The van der Waals surface area contributed by atoms with E-state index in [9.17, 15) is 0 Å². The summed E-state index contributed by atoms with van der Waals surface area (Å²) in [5.74, 6) is 1.42.